The average Bonchev–Trinajstić information content (AvgIpc) is 2.69. The zero-order chi connectivity index (χ0) is 14.9. The largest absolute Gasteiger partial charge is 0.462 e. The molecule has 4 heteroatoms. The SMILES string of the molecule is CCCOC(=O)c1c(N)sc2c1CCC(C(C)(C)C)C2. The van der Waals surface area contributed by atoms with E-state index in [4.69, 9.17) is 10.5 Å². The third-order valence-electron chi connectivity index (χ3n) is 4.16. The van der Waals surface area contributed by atoms with Gasteiger partial charge in [-0.05, 0) is 42.6 Å². The Balaban J connectivity index is 2.24. The predicted octanol–water partition coefficient (Wildman–Crippen LogP) is 4.05. The summed E-state index contributed by atoms with van der Waals surface area (Å²) in [7, 11) is 0. The topological polar surface area (TPSA) is 52.3 Å². The molecule has 1 aliphatic rings. The molecule has 1 aliphatic carbocycles. The Morgan fingerprint density at radius 2 is 2.15 bits per heavy atom. The minimum absolute atomic E-state index is 0.240. The summed E-state index contributed by atoms with van der Waals surface area (Å²) in [6.07, 6.45) is 3.95. The van der Waals surface area contributed by atoms with Gasteiger partial charge in [0, 0.05) is 4.88 Å². The van der Waals surface area contributed by atoms with Crippen LogP contribution in [-0.2, 0) is 17.6 Å². The fraction of sp³-hybridized carbons (Fsp3) is 0.688. The second-order valence-electron chi connectivity index (χ2n) is 6.68. The second kappa shape index (κ2) is 5.76. The Morgan fingerprint density at radius 1 is 1.45 bits per heavy atom. The summed E-state index contributed by atoms with van der Waals surface area (Å²) in [6, 6.07) is 0. The van der Waals surface area contributed by atoms with E-state index >= 15 is 0 Å². The first-order valence-corrected chi connectivity index (χ1v) is 8.23. The molecular formula is C16H25NO2S. The van der Waals surface area contributed by atoms with E-state index in [2.05, 4.69) is 20.8 Å². The molecule has 2 rings (SSSR count). The Morgan fingerprint density at radius 3 is 2.75 bits per heavy atom. The van der Waals surface area contributed by atoms with Crippen LogP contribution in [0.15, 0.2) is 0 Å². The summed E-state index contributed by atoms with van der Waals surface area (Å²) >= 11 is 1.58. The molecule has 0 amide bonds. The maximum atomic E-state index is 12.1. The number of carbonyl (C=O) groups excluding carboxylic acids is 1. The van der Waals surface area contributed by atoms with Crippen LogP contribution in [0.4, 0.5) is 5.00 Å². The van der Waals surface area contributed by atoms with Crippen LogP contribution < -0.4 is 5.73 Å². The zero-order valence-electron chi connectivity index (χ0n) is 12.9. The van der Waals surface area contributed by atoms with Gasteiger partial charge in [-0.15, -0.1) is 11.3 Å². The highest BCUT2D eigenvalue weighted by atomic mass is 32.1. The average molecular weight is 295 g/mol. The van der Waals surface area contributed by atoms with Crippen molar-refractivity contribution in [3.8, 4) is 0 Å². The van der Waals surface area contributed by atoms with E-state index in [1.165, 1.54) is 4.88 Å². The minimum Gasteiger partial charge on any atom is -0.462 e. The quantitative estimate of drug-likeness (QED) is 0.856. The predicted molar refractivity (Wildman–Crippen MR) is 84.3 cm³/mol. The van der Waals surface area contributed by atoms with Crippen molar-refractivity contribution in [2.75, 3.05) is 12.3 Å². The number of esters is 1. The van der Waals surface area contributed by atoms with E-state index in [0.29, 0.717) is 28.5 Å². The van der Waals surface area contributed by atoms with Crippen molar-refractivity contribution < 1.29 is 9.53 Å². The molecule has 1 atom stereocenters. The Kier molecular flexibility index (Phi) is 4.43. The number of fused-ring (bicyclic) bond motifs is 1. The third kappa shape index (κ3) is 3.00. The van der Waals surface area contributed by atoms with Crippen LogP contribution in [-0.4, -0.2) is 12.6 Å². The molecule has 0 aromatic carbocycles. The highest BCUT2D eigenvalue weighted by molar-refractivity contribution is 7.16. The summed E-state index contributed by atoms with van der Waals surface area (Å²) in [5.74, 6) is 0.420. The molecule has 112 valence electrons. The maximum Gasteiger partial charge on any atom is 0.341 e. The van der Waals surface area contributed by atoms with Gasteiger partial charge < -0.3 is 10.5 Å². The highest BCUT2D eigenvalue weighted by Gasteiger charge is 2.33. The number of rotatable bonds is 3. The molecular weight excluding hydrogens is 270 g/mol. The van der Waals surface area contributed by atoms with E-state index in [9.17, 15) is 4.79 Å². The molecule has 0 saturated carbocycles. The van der Waals surface area contributed by atoms with Crippen molar-refractivity contribution >= 4 is 22.3 Å². The van der Waals surface area contributed by atoms with Gasteiger partial charge in [0.1, 0.15) is 5.00 Å². The van der Waals surface area contributed by atoms with E-state index < -0.39 is 0 Å². The van der Waals surface area contributed by atoms with Gasteiger partial charge >= 0.3 is 5.97 Å². The van der Waals surface area contributed by atoms with Crippen molar-refractivity contribution in [2.24, 2.45) is 11.3 Å². The summed E-state index contributed by atoms with van der Waals surface area (Å²) < 4.78 is 5.26. The number of anilines is 1. The van der Waals surface area contributed by atoms with Crippen LogP contribution in [0, 0.1) is 11.3 Å². The molecule has 0 bridgehead atoms. The maximum absolute atomic E-state index is 12.1. The lowest BCUT2D eigenvalue weighted by Crippen LogP contribution is -2.26. The standard InChI is InChI=1S/C16H25NO2S/c1-5-8-19-15(18)13-11-7-6-10(16(2,3)4)9-12(11)20-14(13)17/h10H,5-9,17H2,1-4H3. The van der Waals surface area contributed by atoms with Crippen molar-refractivity contribution in [3.63, 3.8) is 0 Å². The summed E-state index contributed by atoms with van der Waals surface area (Å²) in [5.41, 5.74) is 8.16. The molecule has 0 saturated heterocycles. The van der Waals surface area contributed by atoms with E-state index in [1.807, 2.05) is 6.92 Å². The van der Waals surface area contributed by atoms with Gasteiger partial charge in [0.25, 0.3) is 0 Å². The smallest absolute Gasteiger partial charge is 0.341 e. The fourth-order valence-electron chi connectivity index (χ4n) is 2.84. The Bertz CT molecular complexity index is 499. The minimum atomic E-state index is -0.240. The molecule has 0 aliphatic heterocycles. The number of nitrogens with two attached hydrogens (primary N) is 1. The second-order valence-corrected chi connectivity index (χ2v) is 7.82. The number of ether oxygens (including phenoxy) is 1. The monoisotopic (exact) mass is 295 g/mol. The normalized spacial score (nSPS) is 18.7. The molecule has 1 heterocycles. The lowest BCUT2D eigenvalue weighted by molar-refractivity contribution is 0.0505. The van der Waals surface area contributed by atoms with Gasteiger partial charge in [-0.25, -0.2) is 4.79 Å². The van der Waals surface area contributed by atoms with Gasteiger partial charge in [0.05, 0.1) is 12.2 Å². The lowest BCUT2D eigenvalue weighted by atomic mass is 9.72. The van der Waals surface area contributed by atoms with E-state index in [0.717, 1.165) is 31.2 Å². The molecule has 2 N–H and O–H groups in total. The zero-order valence-corrected chi connectivity index (χ0v) is 13.7. The third-order valence-corrected chi connectivity index (χ3v) is 5.24. The highest BCUT2D eigenvalue weighted by Crippen LogP contribution is 2.43. The molecule has 0 radical (unpaired) electrons. The van der Waals surface area contributed by atoms with Crippen molar-refractivity contribution in [3.05, 3.63) is 16.0 Å². The van der Waals surface area contributed by atoms with Crippen molar-refractivity contribution in [1.82, 2.24) is 0 Å². The van der Waals surface area contributed by atoms with Crippen LogP contribution in [0.2, 0.25) is 0 Å². The first-order valence-electron chi connectivity index (χ1n) is 7.41. The van der Waals surface area contributed by atoms with E-state index in [1.54, 1.807) is 11.3 Å². The molecule has 0 spiro atoms. The summed E-state index contributed by atoms with van der Waals surface area (Å²) in [6.45, 7) is 9.32. The van der Waals surface area contributed by atoms with Crippen molar-refractivity contribution in [1.29, 1.82) is 0 Å². The van der Waals surface area contributed by atoms with Crippen LogP contribution in [0.1, 0.15) is 61.3 Å². The first kappa shape index (κ1) is 15.4. The van der Waals surface area contributed by atoms with Gasteiger partial charge in [0.2, 0.25) is 0 Å². The van der Waals surface area contributed by atoms with Gasteiger partial charge in [0.15, 0.2) is 0 Å². The number of thiophene rings is 1. The van der Waals surface area contributed by atoms with Crippen LogP contribution in [0.25, 0.3) is 0 Å². The molecule has 20 heavy (non-hydrogen) atoms. The fourth-order valence-corrected chi connectivity index (χ4v) is 4.02. The lowest BCUT2D eigenvalue weighted by Gasteiger charge is -2.33. The number of nitrogen functional groups attached to an aromatic ring is 1. The Hall–Kier alpha value is -1.03. The first-order chi connectivity index (χ1) is 9.34. The Labute approximate surface area is 125 Å². The van der Waals surface area contributed by atoms with Crippen LogP contribution in [0.5, 0.6) is 0 Å². The molecule has 0 fully saturated rings. The van der Waals surface area contributed by atoms with Gasteiger partial charge in [-0.2, -0.15) is 0 Å². The molecule has 1 aromatic heterocycles. The molecule has 3 nitrogen and oxygen atoms in total. The summed E-state index contributed by atoms with van der Waals surface area (Å²) in [5, 5.41) is 0.630. The number of hydrogen-bond donors (Lipinski definition) is 1. The number of hydrogen-bond acceptors (Lipinski definition) is 4. The van der Waals surface area contributed by atoms with Gasteiger partial charge in [-0.3, -0.25) is 0 Å². The molecule has 1 unspecified atom stereocenters. The van der Waals surface area contributed by atoms with Crippen molar-refractivity contribution in [2.45, 2.75) is 53.4 Å². The van der Waals surface area contributed by atoms with Crippen LogP contribution >= 0.6 is 11.3 Å². The molecule has 1 aromatic rings. The van der Waals surface area contributed by atoms with E-state index in [-0.39, 0.29) is 5.97 Å². The van der Waals surface area contributed by atoms with Crippen LogP contribution in [0.3, 0.4) is 0 Å². The van der Waals surface area contributed by atoms with Gasteiger partial charge in [-0.1, -0.05) is 27.7 Å². The number of carbonyl (C=O) groups is 1. The summed E-state index contributed by atoms with van der Waals surface area (Å²) in [4.78, 5) is 13.4.